The number of amides is 2. The first-order chi connectivity index (χ1) is 10.1. The van der Waals surface area contributed by atoms with Crippen LogP contribution in [-0.2, 0) is 4.79 Å². The summed E-state index contributed by atoms with van der Waals surface area (Å²) in [6.07, 6.45) is 4.32. The van der Waals surface area contributed by atoms with Gasteiger partial charge >= 0.3 is 0 Å². The average Bonchev–Trinajstić information content (AvgIpc) is 3.02. The molecule has 21 heavy (non-hydrogen) atoms. The summed E-state index contributed by atoms with van der Waals surface area (Å²) in [4.78, 5) is 26.0. The molecule has 1 aromatic heterocycles. The van der Waals surface area contributed by atoms with Gasteiger partial charge in [0.15, 0.2) is 0 Å². The lowest BCUT2D eigenvalue weighted by atomic mass is 10.0. The van der Waals surface area contributed by atoms with E-state index in [4.69, 9.17) is 0 Å². The molecule has 4 nitrogen and oxygen atoms in total. The lowest BCUT2D eigenvalue weighted by Gasteiger charge is -2.33. The predicted molar refractivity (Wildman–Crippen MR) is 89.0 cm³/mol. The molecule has 1 N–H and O–H groups in total. The minimum atomic E-state index is -0.00275. The van der Waals surface area contributed by atoms with Gasteiger partial charge in [-0.15, -0.1) is 0 Å². The van der Waals surface area contributed by atoms with E-state index in [-0.39, 0.29) is 17.9 Å². The second kappa shape index (κ2) is 7.84. The molecule has 0 saturated carbocycles. The van der Waals surface area contributed by atoms with E-state index in [1.54, 1.807) is 11.8 Å². The zero-order valence-electron chi connectivity index (χ0n) is 12.5. The standard InChI is InChI=1S/C15H22N2O2S2/c1-11(20-2)9-14(18)17-6-3-13(4-7-17)16-15(19)12-5-8-21-10-12/h5,8,10-11,13H,3-4,6-7,9H2,1-2H3,(H,16,19)/t11-/m0/s1. The Morgan fingerprint density at radius 1 is 1.48 bits per heavy atom. The Morgan fingerprint density at radius 3 is 2.76 bits per heavy atom. The summed E-state index contributed by atoms with van der Waals surface area (Å²) in [6.45, 7) is 3.57. The van der Waals surface area contributed by atoms with Gasteiger partial charge in [-0.2, -0.15) is 23.1 Å². The van der Waals surface area contributed by atoms with Crippen molar-refractivity contribution in [1.29, 1.82) is 0 Å². The van der Waals surface area contributed by atoms with Crippen LogP contribution in [0.2, 0.25) is 0 Å². The fourth-order valence-corrected chi connectivity index (χ4v) is 3.34. The molecule has 116 valence electrons. The van der Waals surface area contributed by atoms with E-state index in [1.165, 1.54) is 11.3 Å². The molecule has 0 bridgehead atoms. The van der Waals surface area contributed by atoms with Crippen LogP contribution in [0.4, 0.5) is 0 Å². The van der Waals surface area contributed by atoms with Gasteiger partial charge in [0.25, 0.3) is 5.91 Å². The largest absolute Gasteiger partial charge is 0.349 e. The summed E-state index contributed by atoms with van der Waals surface area (Å²) in [5.74, 6) is 0.233. The molecular formula is C15H22N2O2S2. The van der Waals surface area contributed by atoms with Crippen molar-refractivity contribution in [2.75, 3.05) is 19.3 Å². The Bertz CT molecular complexity index is 468. The Balaban J connectivity index is 1.75. The zero-order valence-corrected chi connectivity index (χ0v) is 14.1. The first-order valence-corrected chi connectivity index (χ1v) is 9.47. The van der Waals surface area contributed by atoms with Crippen LogP contribution in [-0.4, -0.2) is 47.4 Å². The third-order valence-corrected chi connectivity index (χ3v) is 5.49. The molecule has 0 aliphatic carbocycles. The molecule has 6 heteroatoms. The van der Waals surface area contributed by atoms with Crippen molar-refractivity contribution >= 4 is 34.9 Å². The number of hydrogen-bond donors (Lipinski definition) is 1. The zero-order chi connectivity index (χ0) is 15.2. The molecule has 1 atom stereocenters. The van der Waals surface area contributed by atoms with Crippen LogP contribution in [0.15, 0.2) is 16.8 Å². The second-order valence-corrected chi connectivity index (χ2v) is 7.45. The molecule has 1 saturated heterocycles. The van der Waals surface area contributed by atoms with Gasteiger partial charge in [-0.05, 0) is 30.5 Å². The molecule has 0 aromatic carbocycles. The molecule has 1 aromatic rings. The smallest absolute Gasteiger partial charge is 0.252 e. The van der Waals surface area contributed by atoms with Gasteiger partial charge in [0.05, 0.1) is 0 Å². The maximum Gasteiger partial charge on any atom is 0.252 e. The number of rotatable bonds is 5. The van der Waals surface area contributed by atoms with Crippen LogP contribution < -0.4 is 5.32 Å². The van der Waals surface area contributed by atoms with Gasteiger partial charge in [0.1, 0.15) is 0 Å². The van der Waals surface area contributed by atoms with Crippen molar-refractivity contribution in [3.8, 4) is 0 Å². The second-order valence-electron chi connectivity index (χ2n) is 5.39. The number of nitrogens with one attached hydrogen (secondary N) is 1. The highest BCUT2D eigenvalue weighted by Gasteiger charge is 2.24. The van der Waals surface area contributed by atoms with Crippen molar-refractivity contribution < 1.29 is 9.59 Å². The monoisotopic (exact) mass is 326 g/mol. The van der Waals surface area contributed by atoms with Gasteiger partial charge in [-0.1, -0.05) is 6.92 Å². The first kappa shape index (κ1) is 16.4. The Morgan fingerprint density at radius 2 is 2.19 bits per heavy atom. The number of piperidine rings is 1. The third-order valence-electron chi connectivity index (χ3n) is 3.83. The number of thiophene rings is 1. The van der Waals surface area contributed by atoms with Crippen LogP contribution >= 0.6 is 23.1 Å². The fourth-order valence-electron chi connectivity index (χ4n) is 2.39. The van der Waals surface area contributed by atoms with Gasteiger partial charge < -0.3 is 10.2 Å². The number of likely N-dealkylation sites (tertiary alicyclic amines) is 1. The lowest BCUT2D eigenvalue weighted by molar-refractivity contribution is -0.132. The Hall–Kier alpha value is -1.01. The third kappa shape index (κ3) is 4.74. The molecule has 2 heterocycles. The van der Waals surface area contributed by atoms with E-state index in [0.717, 1.165) is 31.5 Å². The molecule has 2 rings (SSSR count). The van der Waals surface area contributed by atoms with Crippen molar-refractivity contribution in [3.63, 3.8) is 0 Å². The highest BCUT2D eigenvalue weighted by molar-refractivity contribution is 7.99. The Labute approximate surface area is 134 Å². The lowest BCUT2D eigenvalue weighted by Crippen LogP contribution is -2.46. The summed E-state index contributed by atoms with van der Waals surface area (Å²) >= 11 is 3.25. The number of thioether (sulfide) groups is 1. The van der Waals surface area contributed by atoms with Gasteiger partial charge in [-0.25, -0.2) is 0 Å². The molecule has 1 aliphatic rings. The number of nitrogens with zero attached hydrogens (tertiary/aromatic N) is 1. The molecule has 0 radical (unpaired) electrons. The van der Waals surface area contributed by atoms with E-state index in [9.17, 15) is 9.59 Å². The van der Waals surface area contributed by atoms with E-state index in [2.05, 4.69) is 12.2 Å². The molecule has 1 fully saturated rings. The van der Waals surface area contributed by atoms with Crippen LogP contribution in [0.3, 0.4) is 0 Å². The summed E-state index contributed by atoms with van der Waals surface area (Å²) in [5.41, 5.74) is 0.729. The Kier molecular flexibility index (Phi) is 6.11. The van der Waals surface area contributed by atoms with Crippen LogP contribution in [0.25, 0.3) is 0 Å². The summed E-state index contributed by atoms with van der Waals surface area (Å²) in [6, 6.07) is 2.02. The highest BCUT2D eigenvalue weighted by atomic mass is 32.2. The average molecular weight is 326 g/mol. The van der Waals surface area contributed by atoms with Gasteiger partial charge in [-0.3, -0.25) is 9.59 Å². The van der Waals surface area contributed by atoms with Crippen LogP contribution in [0.1, 0.15) is 36.5 Å². The SMILES string of the molecule is CS[C@@H](C)CC(=O)N1CCC(NC(=O)c2ccsc2)CC1. The van der Waals surface area contributed by atoms with E-state index >= 15 is 0 Å². The van der Waals surface area contributed by atoms with Gasteiger partial charge in [0, 0.05) is 41.7 Å². The van der Waals surface area contributed by atoms with Gasteiger partial charge in [0.2, 0.25) is 5.91 Å². The summed E-state index contributed by atoms with van der Waals surface area (Å²) in [5, 5.41) is 7.19. The normalized spacial score (nSPS) is 17.5. The maximum absolute atomic E-state index is 12.1. The maximum atomic E-state index is 12.1. The topological polar surface area (TPSA) is 49.4 Å². The first-order valence-electron chi connectivity index (χ1n) is 7.23. The van der Waals surface area contributed by atoms with Crippen molar-refractivity contribution in [2.24, 2.45) is 0 Å². The fraction of sp³-hybridized carbons (Fsp3) is 0.600. The minimum Gasteiger partial charge on any atom is -0.349 e. The predicted octanol–water partition coefficient (Wildman–Crippen LogP) is 2.61. The van der Waals surface area contributed by atoms with Crippen LogP contribution in [0, 0.1) is 0 Å². The molecule has 0 spiro atoms. The number of hydrogen-bond acceptors (Lipinski definition) is 4. The quantitative estimate of drug-likeness (QED) is 0.905. The van der Waals surface area contributed by atoms with Crippen LogP contribution in [0.5, 0.6) is 0 Å². The number of carbonyl (C=O) groups excluding carboxylic acids is 2. The van der Waals surface area contributed by atoms with E-state index in [0.29, 0.717) is 11.7 Å². The van der Waals surface area contributed by atoms with Crippen molar-refractivity contribution in [2.45, 2.75) is 37.5 Å². The summed E-state index contributed by atoms with van der Waals surface area (Å²) < 4.78 is 0. The number of carbonyl (C=O) groups is 2. The van der Waals surface area contributed by atoms with Crippen molar-refractivity contribution in [3.05, 3.63) is 22.4 Å². The summed E-state index contributed by atoms with van der Waals surface area (Å²) in [7, 11) is 0. The molecular weight excluding hydrogens is 304 g/mol. The molecule has 0 unspecified atom stereocenters. The molecule has 2 amide bonds. The van der Waals surface area contributed by atoms with E-state index < -0.39 is 0 Å². The highest BCUT2D eigenvalue weighted by Crippen LogP contribution is 2.16. The minimum absolute atomic E-state index is 0.00275. The van der Waals surface area contributed by atoms with Crippen molar-refractivity contribution in [1.82, 2.24) is 10.2 Å². The van der Waals surface area contributed by atoms with E-state index in [1.807, 2.05) is 28.0 Å². The molecule has 1 aliphatic heterocycles.